The second-order valence-electron chi connectivity index (χ2n) is 4.54. The summed E-state index contributed by atoms with van der Waals surface area (Å²) in [6, 6.07) is 7.08. The molecule has 3 rings (SSSR count). The molecular formula is C15H14FN3S2. The number of aromatic nitrogens is 2. The molecule has 1 aromatic carbocycles. The number of rotatable bonds is 3. The van der Waals surface area contributed by atoms with Crippen molar-refractivity contribution in [1.29, 1.82) is 0 Å². The first-order valence-corrected chi connectivity index (χ1v) is 8.47. The maximum absolute atomic E-state index is 14.3. The topological polar surface area (TPSA) is 37.8 Å². The summed E-state index contributed by atoms with van der Waals surface area (Å²) in [5.74, 6) is 0.863. The number of hydrogen-bond donors (Lipinski definition) is 1. The summed E-state index contributed by atoms with van der Waals surface area (Å²) in [5.41, 5.74) is 0.467. The molecule has 0 aliphatic carbocycles. The first kappa shape index (κ1) is 14.3. The Morgan fingerprint density at radius 3 is 2.81 bits per heavy atom. The number of nitrogens with one attached hydrogen (secondary N) is 1. The van der Waals surface area contributed by atoms with Crippen molar-refractivity contribution in [1.82, 2.24) is 9.97 Å². The van der Waals surface area contributed by atoms with Gasteiger partial charge in [-0.2, -0.15) is 0 Å². The van der Waals surface area contributed by atoms with E-state index in [-0.39, 0.29) is 5.82 Å². The molecule has 0 fully saturated rings. The first-order chi connectivity index (χ1) is 10.1. The van der Waals surface area contributed by atoms with Crippen LogP contribution in [-0.4, -0.2) is 23.3 Å². The van der Waals surface area contributed by atoms with Crippen molar-refractivity contribution in [2.24, 2.45) is 0 Å². The fraction of sp³-hybridized carbons (Fsp3) is 0.200. The molecule has 2 aromatic heterocycles. The van der Waals surface area contributed by atoms with E-state index in [4.69, 9.17) is 0 Å². The van der Waals surface area contributed by atoms with Crippen LogP contribution in [0.25, 0.3) is 21.6 Å². The number of anilines is 1. The SMILES string of the molecule is CNc1nc(-c2c(F)cccc2SC)nc2sc(C)cc12. The van der Waals surface area contributed by atoms with E-state index < -0.39 is 0 Å². The molecule has 0 radical (unpaired) electrons. The summed E-state index contributed by atoms with van der Waals surface area (Å²) in [4.78, 5) is 11.9. The van der Waals surface area contributed by atoms with Gasteiger partial charge in [-0.25, -0.2) is 14.4 Å². The summed E-state index contributed by atoms with van der Waals surface area (Å²) < 4.78 is 14.3. The Hall–Kier alpha value is -1.66. The standard InChI is InChI=1S/C15H14FN3S2/c1-8-7-9-13(17-2)18-14(19-15(9)21-8)12-10(16)5-4-6-11(12)20-3/h4-7H,1-3H3,(H,17,18,19). The molecule has 0 unspecified atom stereocenters. The lowest BCUT2D eigenvalue weighted by atomic mass is 10.2. The Morgan fingerprint density at radius 1 is 1.29 bits per heavy atom. The highest BCUT2D eigenvalue weighted by molar-refractivity contribution is 7.98. The predicted molar refractivity (Wildman–Crippen MR) is 88.9 cm³/mol. The molecule has 0 aliphatic heterocycles. The van der Waals surface area contributed by atoms with Crippen LogP contribution in [-0.2, 0) is 0 Å². The number of thiophene rings is 1. The monoisotopic (exact) mass is 319 g/mol. The highest BCUT2D eigenvalue weighted by Gasteiger charge is 2.16. The molecule has 2 heterocycles. The van der Waals surface area contributed by atoms with Crippen molar-refractivity contribution < 1.29 is 4.39 Å². The van der Waals surface area contributed by atoms with E-state index in [1.807, 2.05) is 32.4 Å². The summed E-state index contributed by atoms with van der Waals surface area (Å²) in [6.45, 7) is 2.03. The maximum Gasteiger partial charge on any atom is 0.167 e. The molecule has 108 valence electrons. The maximum atomic E-state index is 14.3. The van der Waals surface area contributed by atoms with Crippen LogP contribution in [0.5, 0.6) is 0 Å². The van der Waals surface area contributed by atoms with Gasteiger partial charge in [0.15, 0.2) is 5.82 Å². The molecule has 0 spiro atoms. The van der Waals surface area contributed by atoms with E-state index in [0.717, 1.165) is 25.8 Å². The van der Waals surface area contributed by atoms with Crippen LogP contribution in [0.4, 0.5) is 10.2 Å². The predicted octanol–water partition coefficient (Wildman–Crippen LogP) is 4.57. The lowest BCUT2D eigenvalue weighted by Gasteiger charge is -2.09. The molecule has 3 nitrogen and oxygen atoms in total. The Kier molecular flexibility index (Phi) is 3.82. The third-order valence-corrected chi connectivity index (χ3v) is 4.90. The van der Waals surface area contributed by atoms with Gasteiger partial charge in [0.05, 0.1) is 10.9 Å². The molecule has 21 heavy (non-hydrogen) atoms. The molecule has 3 aromatic rings. The molecule has 0 bridgehead atoms. The van der Waals surface area contributed by atoms with Gasteiger partial charge in [0.2, 0.25) is 0 Å². The van der Waals surface area contributed by atoms with E-state index in [2.05, 4.69) is 15.3 Å². The number of fused-ring (bicyclic) bond motifs is 1. The zero-order valence-corrected chi connectivity index (χ0v) is 13.5. The second kappa shape index (κ2) is 5.61. The van der Waals surface area contributed by atoms with E-state index in [9.17, 15) is 4.39 Å². The highest BCUT2D eigenvalue weighted by atomic mass is 32.2. The summed E-state index contributed by atoms with van der Waals surface area (Å²) in [7, 11) is 1.81. The smallest absolute Gasteiger partial charge is 0.167 e. The number of benzene rings is 1. The zero-order chi connectivity index (χ0) is 15.0. The van der Waals surface area contributed by atoms with Crippen LogP contribution < -0.4 is 5.32 Å². The van der Waals surface area contributed by atoms with E-state index in [0.29, 0.717) is 11.4 Å². The second-order valence-corrected chi connectivity index (χ2v) is 6.62. The average molecular weight is 319 g/mol. The zero-order valence-electron chi connectivity index (χ0n) is 11.9. The normalized spacial score (nSPS) is 11.0. The van der Waals surface area contributed by atoms with Gasteiger partial charge in [-0.15, -0.1) is 23.1 Å². The van der Waals surface area contributed by atoms with Crippen molar-refractivity contribution in [2.75, 3.05) is 18.6 Å². The van der Waals surface area contributed by atoms with Crippen LogP contribution in [0.1, 0.15) is 4.88 Å². The average Bonchev–Trinajstić information content (AvgIpc) is 2.85. The van der Waals surface area contributed by atoms with Gasteiger partial charge in [0.25, 0.3) is 0 Å². The lowest BCUT2D eigenvalue weighted by Crippen LogP contribution is -1.99. The van der Waals surface area contributed by atoms with Crippen LogP contribution in [0.3, 0.4) is 0 Å². The van der Waals surface area contributed by atoms with Gasteiger partial charge < -0.3 is 5.32 Å². The minimum atomic E-state index is -0.295. The van der Waals surface area contributed by atoms with Crippen molar-refractivity contribution in [3.8, 4) is 11.4 Å². The van der Waals surface area contributed by atoms with Crippen molar-refractivity contribution in [3.63, 3.8) is 0 Å². The van der Waals surface area contributed by atoms with Crippen LogP contribution in [0.15, 0.2) is 29.2 Å². The Bertz CT molecular complexity index is 814. The summed E-state index contributed by atoms with van der Waals surface area (Å²) in [6.07, 6.45) is 1.92. The van der Waals surface area contributed by atoms with E-state index in [1.165, 1.54) is 17.8 Å². The van der Waals surface area contributed by atoms with E-state index >= 15 is 0 Å². The largest absolute Gasteiger partial charge is 0.372 e. The van der Waals surface area contributed by atoms with Crippen molar-refractivity contribution in [3.05, 3.63) is 35.0 Å². The summed E-state index contributed by atoms with van der Waals surface area (Å²) >= 11 is 3.08. The Morgan fingerprint density at radius 2 is 2.10 bits per heavy atom. The van der Waals surface area contributed by atoms with Crippen LogP contribution >= 0.6 is 23.1 Å². The molecular weight excluding hydrogens is 305 g/mol. The van der Waals surface area contributed by atoms with Gasteiger partial charge in [0, 0.05) is 16.8 Å². The van der Waals surface area contributed by atoms with Crippen molar-refractivity contribution >= 4 is 39.1 Å². The molecule has 0 saturated carbocycles. The summed E-state index contributed by atoms with van der Waals surface area (Å²) in [5, 5.41) is 4.05. The molecule has 0 atom stereocenters. The first-order valence-electron chi connectivity index (χ1n) is 6.43. The quantitative estimate of drug-likeness (QED) is 0.718. The lowest BCUT2D eigenvalue weighted by molar-refractivity contribution is 0.627. The number of thioether (sulfide) groups is 1. The number of halogens is 1. The van der Waals surface area contributed by atoms with Crippen LogP contribution in [0.2, 0.25) is 0 Å². The molecule has 6 heteroatoms. The van der Waals surface area contributed by atoms with Gasteiger partial charge in [-0.1, -0.05) is 6.07 Å². The molecule has 1 N–H and O–H groups in total. The minimum absolute atomic E-state index is 0.295. The third-order valence-electron chi connectivity index (χ3n) is 3.17. The Balaban J connectivity index is 2.30. The molecule has 0 saturated heterocycles. The van der Waals surface area contributed by atoms with Crippen molar-refractivity contribution in [2.45, 2.75) is 11.8 Å². The van der Waals surface area contributed by atoms with Gasteiger partial charge in [0.1, 0.15) is 16.5 Å². The highest BCUT2D eigenvalue weighted by Crippen LogP contribution is 2.35. The van der Waals surface area contributed by atoms with Gasteiger partial charge in [-0.05, 0) is 31.4 Å². The minimum Gasteiger partial charge on any atom is -0.372 e. The van der Waals surface area contributed by atoms with Crippen LogP contribution in [0, 0.1) is 12.7 Å². The molecule has 0 amide bonds. The fourth-order valence-corrected chi connectivity index (χ4v) is 3.72. The van der Waals surface area contributed by atoms with Gasteiger partial charge >= 0.3 is 0 Å². The Labute approximate surface area is 130 Å². The number of hydrogen-bond acceptors (Lipinski definition) is 5. The van der Waals surface area contributed by atoms with Gasteiger partial charge in [-0.3, -0.25) is 0 Å². The molecule has 0 aliphatic rings. The van der Waals surface area contributed by atoms with E-state index in [1.54, 1.807) is 17.4 Å². The number of aryl methyl sites for hydroxylation is 1. The number of nitrogens with zero attached hydrogens (tertiary/aromatic N) is 2. The third kappa shape index (κ3) is 2.49. The fourth-order valence-electron chi connectivity index (χ4n) is 2.24.